The monoisotopic (exact) mass is 596 g/mol. The van der Waals surface area contributed by atoms with Gasteiger partial charge in [0.05, 0.1) is 28.0 Å². The second-order valence-corrected chi connectivity index (χ2v) is 12.2. The number of carbonyl (C=O) groups is 1. The highest BCUT2D eigenvalue weighted by Crippen LogP contribution is 2.25. The maximum atomic E-state index is 13.2. The van der Waals surface area contributed by atoms with E-state index in [1.807, 2.05) is 29.0 Å². The van der Waals surface area contributed by atoms with Crippen LogP contribution in [0.1, 0.15) is 15.9 Å². The van der Waals surface area contributed by atoms with Gasteiger partial charge in [-0.2, -0.15) is 0 Å². The van der Waals surface area contributed by atoms with Gasteiger partial charge in [-0.1, -0.05) is 23.7 Å². The number of rotatable bonds is 8. The van der Waals surface area contributed by atoms with Crippen molar-refractivity contribution in [3.8, 4) is 11.4 Å². The first-order chi connectivity index (χ1) is 19.1. The Bertz CT molecular complexity index is 1950. The molecule has 0 aliphatic carbocycles. The van der Waals surface area contributed by atoms with Gasteiger partial charge < -0.3 is 15.0 Å². The molecule has 0 atom stereocenters. The summed E-state index contributed by atoms with van der Waals surface area (Å²) in [5.41, 5.74) is 1.11. The normalized spacial score (nSPS) is 11.3. The van der Waals surface area contributed by atoms with E-state index in [1.54, 1.807) is 25.3 Å². The minimum Gasteiger partial charge on any atom is -0.497 e. The molecule has 0 aliphatic heterocycles. The quantitative estimate of drug-likeness (QED) is 0.245. The van der Waals surface area contributed by atoms with Crippen LogP contribution in [0.15, 0.2) is 92.7 Å². The van der Waals surface area contributed by atoms with Crippen LogP contribution in [-0.4, -0.2) is 31.0 Å². The summed E-state index contributed by atoms with van der Waals surface area (Å²) in [4.78, 5) is 41.3. The predicted octanol–water partition coefficient (Wildman–Crippen LogP) is 4.13. The van der Waals surface area contributed by atoms with Gasteiger partial charge in [-0.05, 0) is 72.3 Å². The number of benzene rings is 3. The fraction of sp³-hybridized carbons (Fsp3) is 0.0741. The van der Waals surface area contributed by atoms with Crippen LogP contribution in [0.2, 0.25) is 4.34 Å². The SMILES string of the molecule is COc1ccc(CNc2ccc3c(=O)n(-c4ccc(C(=O)NS(=O)(=O)c5ccc(Cl)s5)cc4)c(=O)[nH]c3c2)cc1. The number of thiophene rings is 1. The fourth-order valence-corrected chi connectivity index (χ4v) is 6.40. The highest BCUT2D eigenvalue weighted by Gasteiger charge is 2.21. The van der Waals surface area contributed by atoms with Crippen LogP contribution < -0.4 is 26.0 Å². The number of fused-ring (bicyclic) bond motifs is 1. The summed E-state index contributed by atoms with van der Waals surface area (Å²) in [6.07, 6.45) is 0. The average Bonchev–Trinajstić information content (AvgIpc) is 3.39. The van der Waals surface area contributed by atoms with E-state index in [0.717, 1.165) is 27.2 Å². The Morgan fingerprint density at radius 2 is 1.73 bits per heavy atom. The molecular weight excluding hydrogens is 576 g/mol. The molecule has 0 aliphatic rings. The lowest BCUT2D eigenvalue weighted by molar-refractivity contribution is 0.0981. The first-order valence-corrected chi connectivity index (χ1v) is 14.4. The third-order valence-corrected chi connectivity index (χ3v) is 9.04. The second kappa shape index (κ2) is 11.0. The number of ether oxygens (including phenoxy) is 1. The molecule has 3 N–H and O–H groups in total. The molecule has 0 bridgehead atoms. The molecule has 3 aromatic carbocycles. The number of nitrogens with one attached hydrogen (secondary N) is 3. The molecule has 0 saturated heterocycles. The van der Waals surface area contributed by atoms with Crippen LogP contribution in [-0.2, 0) is 16.6 Å². The number of methoxy groups -OCH3 is 1. The van der Waals surface area contributed by atoms with E-state index in [-0.39, 0.29) is 25.2 Å². The molecule has 13 heteroatoms. The minimum absolute atomic E-state index is 0.0211. The molecule has 0 saturated carbocycles. The molecule has 204 valence electrons. The molecule has 5 aromatic rings. The van der Waals surface area contributed by atoms with E-state index in [4.69, 9.17) is 16.3 Å². The summed E-state index contributed by atoms with van der Waals surface area (Å²) in [6, 6.07) is 20.8. The van der Waals surface area contributed by atoms with Crippen molar-refractivity contribution < 1.29 is 17.9 Å². The molecular formula is C27H21ClN4O6S2. The second-order valence-electron chi connectivity index (χ2n) is 8.57. The Morgan fingerprint density at radius 3 is 2.38 bits per heavy atom. The lowest BCUT2D eigenvalue weighted by Gasteiger charge is -2.10. The maximum absolute atomic E-state index is 13.2. The number of aromatic nitrogens is 2. The van der Waals surface area contributed by atoms with Gasteiger partial charge in [-0.3, -0.25) is 9.59 Å². The zero-order chi connectivity index (χ0) is 28.4. The van der Waals surface area contributed by atoms with Crippen molar-refractivity contribution in [2.45, 2.75) is 10.8 Å². The summed E-state index contributed by atoms with van der Waals surface area (Å²) in [5.74, 6) is -0.112. The Hall–Kier alpha value is -4.39. The fourth-order valence-electron chi connectivity index (χ4n) is 3.95. The lowest BCUT2D eigenvalue weighted by Crippen LogP contribution is -2.33. The smallest absolute Gasteiger partial charge is 0.333 e. The maximum Gasteiger partial charge on any atom is 0.333 e. The molecule has 10 nitrogen and oxygen atoms in total. The number of aromatic amines is 1. The zero-order valence-electron chi connectivity index (χ0n) is 20.8. The summed E-state index contributed by atoms with van der Waals surface area (Å²) in [5, 5.41) is 3.55. The Balaban J connectivity index is 1.35. The highest BCUT2D eigenvalue weighted by atomic mass is 35.5. The molecule has 0 radical (unpaired) electrons. The van der Waals surface area contributed by atoms with Gasteiger partial charge in [0.25, 0.3) is 21.5 Å². The van der Waals surface area contributed by atoms with E-state index in [1.165, 1.54) is 36.4 Å². The van der Waals surface area contributed by atoms with Crippen LogP contribution >= 0.6 is 22.9 Å². The topological polar surface area (TPSA) is 139 Å². The van der Waals surface area contributed by atoms with E-state index in [9.17, 15) is 22.8 Å². The minimum atomic E-state index is -4.10. The largest absolute Gasteiger partial charge is 0.497 e. The molecule has 0 spiro atoms. The van der Waals surface area contributed by atoms with Gasteiger partial charge in [0, 0.05) is 17.8 Å². The number of carbonyl (C=O) groups excluding carboxylic acids is 1. The number of sulfonamides is 1. The number of halogens is 1. The number of hydrogen-bond acceptors (Lipinski definition) is 8. The number of nitrogens with zero attached hydrogens (tertiary/aromatic N) is 1. The van der Waals surface area contributed by atoms with Crippen molar-refractivity contribution >= 4 is 55.5 Å². The van der Waals surface area contributed by atoms with E-state index in [0.29, 0.717) is 17.7 Å². The first-order valence-electron chi connectivity index (χ1n) is 11.7. The van der Waals surface area contributed by atoms with Crippen molar-refractivity contribution in [2.24, 2.45) is 0 Å². The Kier molecular flexibility index (Phi) is 7.48. The van der Waals surface area contributed by atoms with Gasteiger partial charge in [0.15, 0.2) is 0 Å². The predicted molar refractivity (Wildman–Crippen MR) is 154 cm³/mol. The standard InChI is InChI=1S/C27H21ClN4O6S2/c1-38-20-9-2-16(3-10-20)15-29-18-6-11-21-22(14-18)30-27(35)32(26(21)34)19-7-4-17(5-8-19)25(33)31-40(36,37)24-13-12-23(28)39-24/h2-14,29H,15H2,1H3,(H,30,35)(H,31,33). The zero-order valence-corrected chi connectivity index (χ0v) is 23.2. The molecule has 0 fully saturated rings. The molecule has 40 heavy (non-hydrogen) atoms. The van der Waals surface area contributed by atoms with Crippen LogP contribution in [0.25, 0.3) is 16.6 Å². The molecule has 5 rings (SSSR count). The van der Waals surface area contributed by atoms with Crippen molar-refractivity contribution in [3.05, 3.63) is 115 Å². The third kappa shape index (κ3) is 5.64. The van der Waals surface area contributed by atoms with Crippen molar-refractivity contribution in [3.63, 3.8) is 0 Å². The van der Waals surface area contributed by atoms with Gasteiger partial charge in [-0.15, -0.1) is 11.3 Å². The van der Waals surface area contributed by atoms with Crippen molar-refractivity contribution in [1.82, 2.24) is 14.3 Å². The van der Waals surface area contributed by atoms with Crippen LogP contribution in [0.3, 0.4) is 0 Å². The first kappa shape index (κ1) is 27.2. The van der Waals surface area contributed by atoms with Gasteiger partial charge in [0.2, 0.25) is 0 Å². The summed E-state index contributed by atoms with van der Waals surface area (Å²) < 4.78 is 33.1. The van der Waals surface area contributed by atoms with Crippen molar-refractivity contribution in [1.29, 1.82) is 0 Å². The summed E-state index contributed by atoms with van der Waals surface area (Å²) in [6.45, 7) is 0.527. The summed E-state index contributed by atoms with van der Waals surface area (Å²) >= 11 is 6.61. The van der Waals surface area contributed by atoms with Gasteiger partial charge in [-0.25, -0.2) is 22.5 Å². The third-order valence-electron chi connectivity index (χ3n) is 5.98. The number of anilines is 1. The van der Waals surface area contributed by atoms with Gasteiger partial charge in [0.1, 0.15) is 9.96 Å². The van der Waals surface area contributed by atoms with Gasteiger partial charge >= 0.3 is 5.69 Å². The van der Waals surface area contributed by atoms with E-state index in [2.05, 4.69) is 10.3 Å². The van der Waals surface area contributed by atoms with E-state index < -0.39 is 27.2 Å². The molecule has 1 amide bonds. The molecule has 2 heterocycles. The summed E-state index contributed by atoms with van der Waals surface area (Å²) in [7, 11) is -2.50. The lowest BCUT2D eigenvalue weighted by atomic mass is 10.1. The Morgan fingerprint density at radius 1 is 1.00 bits per heavy atom. The van der Waals surface area contributed by atoms with Crippen molar-refractivity contribution in [2.75, 3.05) is 12.4 Å². The average molecular weight is 597 g/mol. The van der Waals surface area contributed by atoms with Crippen LogP contribution in [0.4, 0.5) is 5.69 Å². The number of hydrogen-bond donors (Lipinski definition) is 3. The number of H-pyrrole nitrogens is 1. The molecule has 0 unspecified atom stereocenters. The highest BCUT2D eigenvalue weighted by molar-refractivity contribution is 7.92. The number of amides is 1. The van der Waals surface area contributed by atoms with E-state index >= 15 is 0 Å². The van der Waals surface area contributed by atoms with Crippen LogP contribution in [0, 0.1) is 0 Å². The Labute approximate surface area is 236 Å². The molecule has 2 aromatic heterocycles. The van der Waals surface area contributed by atoms with Crippen LogP contribution in [0.5, 0.6) is 5.75 Å².